The second-order valence-corrected chi connectivity index (χ2v) is 6.93. The minimum atomic E-state index is -0.437. The maximum absolute atomic E-state index is 13.2. The molecule has 0 atom stereocenters. The number of benzene rings is 2. The fourth-order valence-electron chi connectivity index (χ4n) is 2.81. The number of rotatable bonds is 4. The first kappa shape index (κ1) is 18.0. The van der Waals surface area contributed by atoms with Crippen LogP contribution < -0.4 is 10.9 Å². The topological polar surface area (TPSA) is 64.0 Å². The number of fused-ring (bicyclic) bond motifs is 1. The number of carbonyl (C=O) groups is 1. The molecule has 4 rings (SSSR count). The molecule has 0 aliphatic rings. The van der Waals surface area contributed by atoms with Gasteiger partial charge in [-0.3, -0.25) is 14.2 Å². The fourth-order valence-corrected chi connectivity index (χ4v) is 3.72. The van der Waals surface area contributed by atoms with Crippen molar-refractivity contribution in [2.24, 2.45) is 0 Å². The van der Waals surface area contributed by atoms with E-state index >= 15 is 0 Å². The van der Waals surface area contributed by atoms with Crippen molar-refractivity contribution in [2.45, 2.75) is 6.54 Å². The molecule has 0 saturated heterocycles. The number of nitrogens with one attached hydrogen (secondary N) is 1. The van der Waals surface area contributed by atoms with Gasteiger partial charge >= 0.3 is 0 Å². The third-order valence-corrected chi connectivity index (χ3v) is 5.04. The number of hydrogen-bond donors (Lipinski definition) is 1. The quantitative estimate of drug-likeness (QED) is 0.565. The lowest BCUT2D eigenvalue weighted by Crippen LogP contribution is -2.27. The number of aromatic nitrogens is 2. The summed E-state index contributed by atoms with van der Waals surface area (Å²) in [4.78, 5) is 30.0. The summed E-state index contributed by atoms with van der Waals surface area (Å²) >= 11 is 1.30. The zero-order valence-corrected chi connectivity index (χ0v) is 15.2. The van der Waals surface area contributed by atoms with E-state index in [0.717, 1.165) is 0 Å². The summed E-state index contributed by atoms with van der Waals surface area (Å²) in [6, 6.07) is 11.2. The Morgan fingerprint density at radius 1 is 1.04 bits per heavy atom. The van der Waals surface area contributed by atoms with Gasteiger partial charge in [-0.15, -0.1) is 11.3 Å². The first-order valence-corrected chi connectivity index (χ1v) is 9.17. The molecular formula is C20H13F2N3O2S. The Morgan fingerprint density at radius 3 is 2.36 bits per heavy atom. The van der Waals surface area contributed by atoms with Gasteiger partial charge in [0.15, 0.2) is 0 Å². The standard InChI is InChI=1S/C20H13F2N3O2S/c21-13-3-1-12(2-4-13)16-10-28-19-18(16)20(27)25(11-23-19)9-17(26)24-15-7-5-14(22)6-8-15/h1-8,10-11H,9H2,(H,24,26). The van der Waals surface area contributed by atoms with Gasteiger partial charge in [0.05, 0.1) is 11.7 Å². The van der Waals surface area contributed by atoms with E-state index in [9.17, 15) is 18.4 Å². The van der Waals surface area contributed by atoms with Crippen LogP contribution in [0.4, 0.5) is 14.5 Å². The number of thiophene rings is 1. The van der Waals surface area contributed by atoms with Crippen LogP contribution in [0.2, 0.25) is 0 Å². The predicted octanol–water partition coefficient (Wildman–Crippen LogP) is 4.04. The number of anilines is 1. The van der Waals surface area contributed by atoms with E-state index in [4.69, 9.17) is 0 Å². The summed E-state index contributed by atoms with van der Waals surface area (Å²) < 4.78 is 27.4. The van der Waals surface area contributed by atoms with Gasteiger partial charge in [-0.25, -0.2) is 13.8 Å². The molecule has 0 aliphatic carbocycles. The number of halogens is 2. The third kappa shape index (κ3) is 3.54. The summed E-state index contributed by atoms with van der Waals surface area (Å²) in [5.74, 6) is -1.21. The molecule has 0 saturated carbocycles. The normalized spacial score (nSPS) is 10.9. The van der Waals surface area contributed by atoms with Crippen molar-refractivity contribution in [1.82, 2.24) is 9.55 Å². The Hall–Kier alpha value is -3.39. The molecule has 140 valence electrons. The zero-order chi connectivity index (χ0) is 19.7. The van der Waals surface area contributed by atoms with Crippen LogP contribution in [0.5, 0.6) is 0 Å². The molecule has 0 spiro atoms. The lowest BCUT2D eigenvalue weighted by Gasteiger charge is -2.08. The average Bonchev–Trinajstić information content (AvgIpc) is 3.11. The van der Waals surface area contributed by atoms with Crippen LogP contribution in [0.3, 0.4) is 0 Å². The molecule has 0 unspecified atom stereocenters. The molecule has 1 amide bonds. The van der Waals surface area contributed by atoms with Crippen molar-refractivity contribution in [3.8, 4) is 11.1 Å². The maximum atomic E-state index is 13.2. The van der Waals surface area contributed by atoms with Crippen molar-refractivity contribution in [2.75, 3.05) is 5.32 Å². The molecule has 0 bridgehead atoms. The zero-order valence-electron chi connectivity index (χ0n) is 14.4. The monoisotopic (exact) mass is 397 g/mol. The molecule has 28 heavy (non-hydrogen) atoms. The van der Waals surface area contributed by atoms with Gasteiger partial charge in [-0.1, -0.05) is 12.1 Å². The van der Waals surface area contributed by atoms with E-state index < -0.39 is 11.7 Å². The summed E-state index contributed by atoms with van der Waals surface area (Å²) in [5.41, 5.74) is 1.40. The Morgan fingerprint density at radius 2 is 1.68 bits per heavy atom. The fraction of sp³-hybridized carbons (Fsp3) is 0.0500. The van der Waals surface area contributed by atoms with Crippen molar-refractivity contribution in [1.29, 1.82) is 0 Å². The molecule has 0 aliphatic heterocycles. The van der Waals surface area contributed by atoms with Gasteiger partial charge in [0.2, 0.25) is 5.91 Å². The van der Waals surface area contributed by atoms with Crippen molar-refractivity contribution >= 4 is 33.1 Å². The number of nitrogens with zero attached hydrogens (tertiary/aromatic N) is 2. The van der Waals surface area contributed by atoms with E-state index in [1.54, 1.807) is 17.5 Å². The number of amides is 1. The second kappa shape index (κ2) is 7.32. The number of hydrogen-bond acceptors (Lipinski definition) is 4. The Balaban J connectivity index is 1.64. The highest BCUT2D eigenvalue weighted by Gasteiger charge is 2.15. The van der Waals surface area contributed by atoms with Crippen LogP contribution in [-0.2, 0) is 11.3 Å². The Labute approximate surface area is 161 Å². The smallest absolute Gasteiger partial charge is 0.263 e. The van der Waals surface area contributed by atoms with Crippen LogP contribution in [0, 0.1) is 11.6 Å². The van der Waals surface area contributed by atoms with E-state index in [1.807, 2.05) is 0 Å². The molecule has 5 nitrogen and oxygen atoms in total. The minimum Gasteiger partial charge on any atom is -0.325 e. The van der Waals surface area contributed by atoms with E-state index in [-0.39, 0.29) is 17.9 Å². The molecule has 0 fully saturated rings. The van der Waals surface area contributed by atoms with Crippen molar-refractivity contribution in [3.63, 3.8) is 0 Å². The first-order chi connectivity index (χ1) is 13.5. The van der Waals surface area contributed by atoms with Gasteiger partial charge in [0, 0.05) is 16.6 Å². The minimum absolute atomic E-state index is 0.238. The molecule has 0 radical (unpaired) electrons. The lowest BCUT2D eigenvalue weighted by molar-refractivity contribution is -0.116. The van der Waals surface area contributed by atoms with E-state index in [2.05, 4.69) is 10.3 Å². The maximum Gasteiger partial charge on any atom is 0.263 e. The first-order valence-electron chi connectivity index (χ1n) is 8.29. The summed E-state index contributed by atoms with van der Waals surface area (Å²) in [6.45, 7) is -0.238. The molecule has 2 heterocycles. The van der Waals surface area contributed by atoms with Gasteiger partial charge in [-0.2, -0.15) is 0 Å². The van der Waals surface area contributed by atoms with Crippen LogP contribution in [0.1, 0.15) is 0 Å². The van der Waals surface area contributed by atoms with Crippen LogP contribution in [-0.4, -0.2) is 15.5 Å². The highest BCUT2D eigenvalue weighted by Crippen LogP contribution is 2.30. The van der Waals surface area contributed by atoms with Gasteiger partial charge < -0.3 is 5.32 Å². The highest BCUT2D eigenvalue weighted by atomic mass is 32.1. The van der Waals surface area contributed by atoms with Gasteiger partial charge in [-0.05, 0) is 42.0 Å². The lowest BCUT2D eigenvalue weighted by atomic mass is 10.1. The Kier molecular flexibility index (Phi) is 4.70. The molecule has 4 aromatic rings. The second-order valence-electron chi connectivity index (χ2n) is 6.07. The van der Waals surface area contributed by atoms with Crippen molar-refractivity contribution in [3.05, 3.63) is 82.2 Å². The molecule has 1 N–H and O–H groups in total. The SMILES string of the molecule is O=C(Cn1cnc2scc(-c3ccc(F)cc3)c2c1=O)Nc1ccc(F)cc1. The van der Waals surface area contributed by atoms with Crippen LogP contribution in [0.15, 0.2) is 65.0 Å². The van der Waals surface area contributed by atoms with Gasteiger partial charge in [0.1, 0.15) is 23.0 Å². The molecule has 2 aromatic heterocycles. The molecule has 2 aromatic carbocycles. The average molecular weight is 397 g/mol. The summed E-state index contributed by atoms with van der Waals surface area (Å²) in [7, 11) is 0. The molecular weight excluding hydrogens is 384 g/mol. The number of carbonyl (C=O) groups excluding carboxylic acids is 1. The highest BCUT2D eigenvalue weighted by molar-refractivity contribution is 7.17. The van der Waals surface area contributed by atoms with Gasteiger partial charge in [0.25, 0.3) is 5.56 Å². The Bertz CT molecular complexity index is 1220. The summed E-state index contributed by atoms with van der Waals surface area (Å²) in [5, 5.41) is 4.78. The van der Waals surface area contributed by atoms with Crippen LogP contribution >= 0.6 is 11.3 Å². The van der Waals surface area contributed by atoms with Crippen LogP contribution in [0.25, 0.3) is 21.3 Å². The predicted molar refractivity (Wildman–Crippen MR) is 104 cm³/mol. The van der Waals surface area contributed by atoms with E-state index in [0.29, 0.717) is 27.0 Å². The molecule has 8 heteroatoms. The summed E-state index contributed by atoms with van der Waals surface area (Å²) in [6.07, 6.45) is 1.32. The third-order valence-electron chi connectivity index (χ3n) is 4.16. The van der Waals surface area contributed by atoms with E-state index in [1.165, 1.54) is 58.6 Å². The largest absolute Gasteiger partial charge is 0.325 e. The van der Waals surface area contributed by atoms with Crippen molar-refractivity contribution < 1.29 is 13.6 Å².